The Kier molecular flexibility index (Phi) is 5.01. The van der Waals surface area contributed by atoms with Crippen molar-refractivity contribution in [1.82, 2.24) is 24.5 Å². The van der Waals surface area contributed by atoms with Crippen molar-refractivity contribution in [1.29, 1.82) is 0 Å². The highest BCUT2D eigenvalue weighted by atomic mass is 32.2. The summed E-state index contributed by atoms with van der Waals surface area (Å²) < 4.78 is 28.7. The van der Waals surface area contributed by atoms with Gasteiger partial charge < -0.3 is 0 Å². The molecule has 2 aromatic heterocycles. The third-order valence-electron chi connectivity index (χ3n) is 4.38. The van der Waals surface area contributed by atoms with Gasteiger partial charge in [-0.1, -0.05) is 41.7 Å². The van der Waals surface area contributed by atoms with Crippen molar-refractivity contribution < 1.29 is 8.42 Å². The van der Waals surface area contributed by atoms with E-state index < -0.39 is 10.0 Å². The zero-order valence-electron chi connectivity index (χ0n) is 14.3. The summed E-state index contributed by atoms with van der Waals surface area (Å²) in [5, 5.41) is 13.8. The monoisotopic (exact) mass is 391 g/mol. The van der Waals surface area contributed by atoms with Crippen LogP contribution >= 0.6 is 11.3 Å². The Bertz CT molecular complexity index is 977. The third-order valence-corrected chi connectivity index (χ3v) is 6.81. The average Bonchev–Trinajstić information content (AvgIpc) is 3.26. The first kappa shape index (κ1) is 17.6. The molecule has 1 fully saturated rings. The molecule has 2 heterocycles. The van der Waals surface area contributed by atoms with Crippen LogP contribution in [0.3, 0.4) is 0 Å². The molecule has 1 aliphatic carbocycles. The van der Waals surface area contributed by atoms with Crippen LogP contribution < -0.4 is 4.72 Å². The number of sulfonamides is 1. The molecule has 1 aliphatic rings. The van der Waals surface area contributed by atoms with Gasteiger partial charge in [-0.15, -0.1) is 10.2 Å². The van der Waals surface area contributed by atoms with Crippen LogP contribution in [-0.4, -0.2) is 40.5 Å². The first-order chi connectivity index (χ1) is 12.6. The SMILES string of the molecule is O=S(=O)(CCCc1ccccc1)NCCc1nn2c(C3CC3)nnc2s1. The zero-order valence-corrected chi connectivity index (χ0v) is 16.0. The molecular weight excluding hydrogens is 370 g/mol. The van der Waals surface area contributed by atoms with Crippen molar-refractivity contribution in [2.24, 2.45) is 0 Å². The number of hydrogen-bond acceptors (Lipinski definition) is 6. The molecule has 0 amide bonds. The molecule has 0 atom stereocenters. The van der Waals surface area contributed by atoms with Gasteiger partial charge in [-0.3, -0.25) is 0 Å². The number of aromatic nitrogens is 4. The van der Waals surface area contributed by atoms with Gasteiger partial charge in [0.25, 0.3) is 0 Å². The standard InChI is InChI=1S/C17H21N5O2S2/c23-26(24,12-4-7-13-5-2-1-3-6-13)18-11-10-15-21-22-16(14-8-9-14)19-20-17(22)25-15/h1-3,5-6,14,18H,4,7-12H2. The lowest BCUT2D eigenvalue weighted by Gasteiger charge is -2.06. The molecule has 3 aromatic rings. The van der Waals surface area contributed by atoms with E-state index in [1.165, 1.54) is 11.3 Å². The molecule has 0 aliphatic heterocycles. The Balaban J connectivity index is 1.25. The topological polar surface area (TPSA) is 89.2 Å². The third kappa shape index (κ3) is 4.28. The number of nitrogens with one attached hydrogen (secondary N) is 1. The van der Waals surface area contributed by atoms with Gasteiger partial charge in [-0.05, 0) is 31.2 Å². The summed E-state index contributed by atoms with van der Waals surface area (Å²) in [5.41, 5.74) is 1.16. The molecule has 0 radical (unpaired) electrons. The molecule has 26 heavy (non-hydrogen) atoms. The Morgan fingerprint density at radius 1 is 1.15 bits per heavy atom. The predicted octanol–water partition coefficient (Wildman–Crippen LogP) is 2.16. The van der Waals surface area contributed by atoms with Gasteiger partial charge in [0.2, 0.25) is 15.0 Å². The van der Waals surface area contributed by atoms with Gasteiger partial charge >= 0.3 is 0 Å². The quantitative estimate of drug-likeness (QED) is 0.604. The van der Waals surface area contributed by atoms with Crippen molar-refractivity contribution in [3.05, 3.63) is 46.7 Å². The first-order valence-corrected chi connectivity index (χ1v) is 11.3. The van der Waals surface area contributed by atoms with E-state index in [-0.39, 0.29) is 5.75 Å². The van der Waals surface area contributed by atoms with Crippen LogP contribution in [0.1, 0.15) is 41.6 Å². The second-order valence-corrected chi connectivity index (χ2v) is 9.54. The highest BCUT2D eigenvalue weighted by molar-refractivity contribution is 7.89. The Labute approximate surface area is 156 Å². The van der Waals surface area contributed by atoms with Crippen LogP contribution in [0.15, 0.2) is 30.3 Å². The minimum absolute atomic E-state index is 0.138. The van der Waals surface area contributed by atoms with Gasteiger partial charge in [0.15, 0.2) is 5.82 Å². The van der Waals surface area contributed by atoms with Crippen LogP contribution in [0.2, 0.25) is 0 Å². The van der Waals surface area contributed by atoms with Gasteiger partial charge in [0.1, 0.15) is 5.01 Å². The maximum atomic E-state index is 12.1. The number of rotatable bonds is 9. The number of hydrogen-bond donors (Lipinski definition) is 1. The molecule has 1 saturated carbocycles. The van der Waals surface area contributed by atoms with E-state index in [1.54, 1.807) is 0 Å². The maximum Gasteiger partial charge on any atom is 0.234 e. The molecule has 7 nitrogen and oxygen atoms in total. The number of nitrogens with zero attached hydrogens (tertiary/aromatic N) is 4. The van der Waals surface area contributed by atoms with Crippen molar-refractivity contribution in [2.45, 2.75) is 38.0 Å². The van der Waals surface area contributed by atoms with Gasteiger partial charge in [0.05, 0.1) is 5.75 Å². The van der Waals surface area contributed by atoms with Gasteiger partial charge in [-0.2, -0.15) is 9.61 Å². The number of aryl methyl sites for hydroxylation is 1. The Morgan fingerprint density at radius 2 is 1.96 bits per heavy atom. The first-order valence-electron chi connectivity index (χ1n) is 8.83. The highest BCUT2D eigenvalue weighted by Crippen LogP contribution is 2.39. The predicted molar refractivity (Wildman–Crippen MR) is 101 cm³/mol. The summed E-state index contributed by atoms with van der Waals surface area (Å²) in [5.74, 6) is 1.56. The summed E-state index contributed by atoms with van der Waals surface area (Å²) in [7, 11) is -3.26. The summed E-state index contributed by atoms with van der Waals surface area (Å²) in [4.78, 5) is 0.785. The lowest BCUT2D eigenvalue weighted by atomic mass is 10.1. The molecule has 9 heteroatoms. The second kappa shape index (κ2) is 7.42. The molecule has 1 aromatic carbocycles. The Hall–Kier alpha value is -1.84. The zero-order chi connectivity index (χ0) is 18.0. The van der Waals surface area contributed by atoms with Crippen molar-refractivity contribution >= 4 is 26.3 Å². The van der Waals surface area contributed by atoms with E-state index in [0.717, 1.165) is 40.6 Å². The lowest BCUT2D eigenvalue weighted by Crippen LogP contribution is -2.28. The minimum Gasteiger partial charge on any atom is -0.215 e. The van der Waals surface area contributed by atoms with E-state index in [0.29, 0.717) is 25.3 Å². The highest BCUT2D eigenvalue weighted by Gasteiger charge is 2.30. The average molecular weight is 392 g/mol. The molecule has 0 bridgehead atoms. The van der Waals surface area contributed by atoms with Crippen molar-refractivity contribution in [3.8, 4) is 0 Å². The molecule has 4 rings (SSSR count). The molecular formula is C17H21N5O2S2. The summed E-state index contributed by atoms with van der Waals surface area (Å²) in [6.45, 7) is 0.358. The molecule has 0 saturated heterocycles. The van der Waals surface area contributed by atoms with E-state index in [9.17, 15) is 8.42 Å². The van der Waals surface area contributed by atoms with Crippen molar-refractivity contribution in [2.75, 3.05) is 12.3 Å². The van der Waals surface area contributed by atoms with Crippen LogP contribution in [0.25, 0.3) is 4.96 Å². The summed E-state index contributed by atoms with van der Waals surface area (Å²) in [6.07, 6.45) is 4.24. The summed E-state index contributed by atoms with van der Waals surface area (Å²) >= 11 is 1.47. The molecule has 0 unspecified atom stereocenters. The molecule has 1 N–H and O–H groups in total. The van der Waals surface area contributed by atoms with Crippen molar-refractivity contribution in [3.63, 3.8) is 0 Å². The number of fused-ring (bicyclic) bond motifs is 1. The van der Waals surface area contributed by atoms with Crippen LogP contribution in [0.4, 0.5) is 0 Å². The van der Waals surface area contributed by atoms with Crippen LogP contribution in [-0.2, 0) is 22.9 Å². The normalized spacial score (nSPS) is 14.9. The molecule has 138 valence electrons. The van der Waals surface area contributed by atoms with Crippen LogP contribution in [0.5, 0.6) is 0 Å². The van der Waals surface area contributed by atoms with Crippen LogP contribution in [0, 0.1) is 0 Å². The lowest BCUT2D eigenvalue weighted by molar-refractivity contribution is 0.578. The fourth-order valence-corrected chi connectivity index (χ4v) is 4.79. The largest absolute Gasteiger partial charge is 0.234 e. The van der Waals surface area contributed by atoms with Gasteiger partial charge in [0, 0.05) is 18.9 Å². The second-order valence-electron chi connectivity index (χ2n) is 6.58. The van der Waals surface area contributed by atoms with E-state index in [1.807, 2.05) is 34.8 Å². The number of benzene rings is 1. The van der Waals surface area contributed by atoms with E-state index in [2.05, 4.69) is 20.0 Å². The fourth-order valence-electron chi connectivity index (χ4n) is 2.87. The van der Waals surface area contributed by atoms with E-state index >= 15 is 0 Å². The maximum absolute atomic E-state index is 12.1. The van der Waals surface area contributed by atoms with Gasteiger partial charge in [-0.25, -0.2) is 13.1 Å². The van der Waals surface area contributed by atoms with E-state index in [4.69, 9.17) is 0 Å². The molecule has 0 spiro atoms. The summed E-state index contributed by atoms with van der Waals surface area (Å²) in [6, 6.07) is 9.93. The fraction of sp³-hybridized carbons (Fsp3) is 0.471. The Morgan fingerprint density at radius 3 is 2.73 bits per heavy atom. The smallest absolute Gasteiger partial charge is 0.215 e. The minimum atomic E-state index is -3.26.